The van der Waals surface area contributed by atoms with Crippen molar-refractivity contribution in [1.82, 2.24) is 0 Å². The van der Waals surface area contributed by atoms with E-state index in [4.69, 9.17) is 5.11 Å². The first-order valence-electron chi connectivity index (χ1n) is 4.64. The summed E-state index contributed by atoms with van der Waals surface area (Å²) in [6, 6.07) is 7.04. The van der Waals surface area contributed by atoms with Crippen LogP contribution in [0.25, 0.3) is 0 Å². The van der Waals surface area contributed by atoms with Gasteiger partial charge in [0.1, 0.15) is 0 Å². The van der Waals surface area contributed by atoms with Crippen LogP contribution in [0.2, 0.25) is 0 Å². The number of carbonyl (C=O) groups is 1. The summed E-state index contributed by atoms with van der Waals surface area (Å²) in [4.78, 5) is 10.7. The van der Waals surface area contributed by atoms with Crippen molar-refractivity contribution in [2.45, 2.75) is 12.7 Å². The fraction of sp³-hybridized carbons (Fsp3) is 0.250. The van der Waals surface area contributed by atoms with E-state index >= 15 is 0 Å². The van der Waals surface area contributed by atoms with E-state index < -0.39 is 5.97 Å². The highest BCUT2D eigenvalue weighted by Crippen LogP contribution is 2.15. The van der Waals surface area contributed by atoms with Crippen LogP contribution in [0, 0.1) is 0 Å². The topological polar surface area (TPSA) is 37.3 Å². The minimum absolute atomic E-state index is 0.350. The molecule has 1 aromatic rings. The number of thioether (sulfide) groups is 1. The van der Waals surface area contributed by atoms with Crippen molar-refractivity contribution in [1.29, 1.82) is 0 Å². The van der Waals surface area contributed by atoms with Gasteiger partial charge in [0.15, 0.2) is 0 Å². The third kappa shape index (κ3) is 4.21. The lowest BCUT2D eigenvalue weighted by Gasteiger charge is -2.02. The quantitative estimate of drug-likeness (QED) is 0.777. The number of hydrogen-bond acceptors (Lipinski definition) is 2. The SMILES string of the molecule is C=C(C)CSCc1cccc(C(=O)O)c1. The summed E-state index contributed by atoms with van der Waals surface area (Å²) in [7, 11) is 0. The molecule has 1 rings (SSSR count). The molecule has 0 bridgehead atoms. The van der Waals surface area contributed by atoms with Gasteiger partial charge in [-0.25, -0.2) is 4.79 Å². The van der Waals surface area contributed by atoms with E-state index in [-0.39, 0.29) is 0 Å². The first-order chi connectivity index (χ1) is 7.09. The minimum Gasteiger partial charge on any atom is -0.478 e. The van der Waals surface area contributed by atoms with Crippen molar-refractivity contribution < 1.29 is 9.90 Å². The van der Waals surface area contributed by atoms with Crippen molar-refractivity contribution in [2.75, 3.05) is 5.75 Å². The van der Waals surface area contributed by atoms with Gasteiger partial charge in [0.2, 0.25) is 0 Å². The lowest BCUT2D eigenvalue weighted by molar-refractivity contribution is 0.0697. The van der Waals surface area contributed by atoms with Crippen molar-refractivity contribution in [3.63, 3.8) is 0 Å². The molecule has 1 N–H and O–H groups in total. The van der Waals surface area contributed by atoms with Gasteiger partial charge in [0.05, 0.1) is 5.56 Å². The minimum atomic E-state index is -0.873. The van der Waals surface area contributed by atoms with Crippen LogP contribution in [0.3, 0.4) is 0 Å². The Balaban J connectivity index is 2.58. The van der Waals surface area contributed by atoms with Crippen molar-refractivity contribution in [2.24, 2.45) is 0 Å². The van der Waals surface area contributed by atoms with E-state index in [1.165, 1.54) is 0 Å². The summed E-state index contributed by atoms with van der Waals surface area (Å²) >= 11 is 1.74. The van der Waals surface area contributed by atoms with Crippen LogP contribution in [0.1, 0.15) is 22.8 Å². The molecule has 0 aliphatic heterocycles. The van der Waals surface area contributed by atoms with Crippen LogP contribution in [0.15, 0.2) is 36.4 Å². The molecular weight excluding hydrogens is 208 g/mol. The van der Waals surface area contributed by atoms with Gasteiger partial charge in [-0.2, -0.15) is 11.8 Å². The summed E-state index contributed by atoms with van der Waals surface area (Å²) in [6.45, 7) is 5.80. The lowest BCUT2D eigenvalue weighted by atomic mass is 10.1. The molecule has 0 aliphatic carbocycles. The summed E-state index contributed by atoms with van der Waals surface area (Å²) in [5.74, 6) is 0.868. The van der Waals surface area contributed by atoms with E-state index in [0.29, 0.717) is 5.56 Å². The highest BCUT2D eigenvalue weighted by atomic mass is 32.2. The smallest absolute Gasteiger partial charge is 0.335 e. The second-order valence-electron chi connectivity index (χ2n) is 3.46. The maximum absolute atomic E-state index is 10.7. The summed E-state index contributed by atoms with van der Waals surface area (Å²) in [6.07, 6.45) is 0. The Hall–Kier alpha value is -1.22. The van der Waals surface area contributed by atoms with Gasteiger partial charge >= 0.3 is 5.97 Å². The van der Waals surface area contributed by atoms with Gasteiger partial charge in [0.25, 0.3) is 0 Å². The first kappa shape index (κ1) is 11.9. The number of hydrogen-bond donors (Lipinski definition) is 1. The molecule has 80 valence electrons. The fourth-order valence-corrected chi connectivity index (χ4v) is 2.00. The molecule has 15 heavy (non-hydrogen) atoms. The van der Waals surface area contributed by atoms with Crippen molar-refractivity contribution >= 4 is 17.7 Å². The standard InChI is InChI=1S/C12H14O2S/c1-9(2)7-15-8-10-4-3-5-11(6-10)12(13)14/h3-6H,1,7-8H2,2H3,(H,13,14). The van der Waals surface area contributed by atoms with E-state index in [1.54, 1.807) is 30.0 Å². The van der Waals surface area contributed by atoms with Crippen LogP contribution < -0.4 is 0 Å². The summed E-state index contributed by atoms with van der Waals surface area (Å²) in [5, 5.41) is 8.80. The molecule has 0 aromatic heterocycles. The molecule has 3 heteroatoms. The zero-order valence-electron chi connectivity index (χ0n) is 8.69. The van der Waals surface area contributed by atoms with E-state index in [2.05, 4.69) is 6.58 Å². The van der Waals surface area contributed by atoms with E-state index in [1.807, 2.05) is 13.0 Å². The predicted molar refractivity (Wildman–Crippen MR) is 64.4 cm³/mol. The molecular formula is C12H14O2S. The van der Waals surface area contributed by atoms with Gasteiger partial charge in [0, 0.05) is 11.5 Å². The highest BCUT2D eigenvalue weighted by Gasteiger charge is 2.02. The molecule has 0 spiro atoms. The monoisotopic (exact) mass is 222 g/mol. The fourth-order valence-electron chi connectivity index (χ4n) is 1.14. The van der Waals surface area contributed by atoms with Gasteiger partial charge in [-0.05, 0) is 24.6 Å². The molecule has 0 saturated carbocycles. The van der Waals surface area contributed by atoms with Crippen LogP contribution >= 0.6 is 11.8 Å². The second-order valence-corrected chi connectivity index (χ2v) is 4.44. The Kier molecular flexibility index (Phi) is 4.43. The average molecular weight is 222 g/mol. The number of aromatic carboxylic acids is 1. The van der Waals surface area contributed by atoms with Gasteiger partial charge < -0.3 is 5.11 Å². The predicted octanol–water partition coefficient (Wildman–Crippen LogP) is 3.19. The normalized spacial score (nSPS) is 9.93. The zero-order valence-corrected chi connectivity index (χ0v) is 9.51. The summed E-state index contributed by atoms with van der Waals surface area (Å²) in [5.41, 5.74) is 2.53. The Labute approximate surface area is 94.0 Å². The highest BCUT2D eigenvalue weighted by molar-refractivity contribution is 7.98. The third-order valence-electron chi connectivity index (χ3n) is 1.79. The molecule has 2 nitrogen and oxygen atoms in total. The Morgan fingerprint density at radius 3 is 2.87 bits per heavy atom. The molecule has 0 aliphatic rings. The summed E-state index contributed by atoms with van der Waals surface area (Å²) < 4.78 is 0. The second kappa shape index (κ2) is 5.61. The molecule has 0 unspecified atom stereocenters. The number of carboxylic acids is 1. The third-order valence-corrected chi connectivity index (χ3v) is 3.03. The van der Waals surface area contributed by atoms with E-state index in [0.717, 1.165) is 22.6 Å². The van der Waals surface area contributed by atoms with Crippen molar-refractivity contribution in [3.8, 4) is 0 Å². The van der Waals surface area contributed by atoms with Gasteiger partial charge in [-0.15, -0.1) is 0 Å². The Morgan fingerprint density at radius 1 is 1.53 bits per heavy atom. The molecule has 1 aromatic carbocycles. The molecule has 0 heterocycles. The number of benzene rings is 1. The van der Waals surface area contributed by atoms with Gasteiger partial charge in [-0.1, -0.05) is 24.3 Å². The molecule has 0 fully saturated rings. The number of carboxylic acid groups (broad SMARTS) is 1. The number of rotatable bonds is 5. The van der Waals surface area contributed by atoms with Gasteiger partial charge in [-0.3, -0.25) is 0 Å². The lowest BCUT2D eigenvalue weighted by Crippen LogP contribution is -1.96. The molecule has 0 atom stereocenters. The van der Waals surface area contributed by atoms with Crippen LogP contribution in [0.4, 0.5) is 0 Å². The largest absolute Gasteiger partial charge is 0.478 e. The average Bonchev–Trinajstić information content (AvgIpc) is 2.17. The molecule has 0 amide bonds. The maximum atomic E-state index is 10.7. The first-order valence-corrected chi connectivity index (χ1v) is 5.79. The molecule has 0 radical (unpaired) electrons. The Bertz CT molecular complexity index is 372. The maximum Gasteiger partial charge on any atom is 0.335 e. The zero-order chi connectivity index (χ0) is 11.3. The molecule has 0 saturated heterocycles. The van der Waals surface area contributed by atoms with Crippen molar-refractivity contribution in [3.05, 3.63) is 47.5 Å². The Morgan fingerprint density at radius 2 is 2.27 bits per heavy atom. The van der Waals surface area contributed by atoms with Crippen LogP contribution in [-0.2, 0) is 5.75 Å². The van der Waals surface area contributed by atoms with Crippen LogP contribution in [-0.4, -0.2) is 16.8 Å². The van der Waals surface area contributed by atoms with E-state index in [9.17, 15) is 4.79 Å². The van der Waals surface area contributed by atoms with Crippen LogP contribution in [0.5, 0.6) is 0 Å².